The third-order valence-electron chi connectivity index (χ3n) is 3.63. The fourth-order valence-electron chi connectivity index (χ4n) is 2.42. The van der Waals surface area contributed by atoms with Gasteiger partial charge >= 0.3 is 6.03 Å². The van der Waals surface area contributed by atoms with Crippen LogP contribution in [0.4, 0.5) is 4.79 Å². The summed E-state index contributed by atoms with van der Waals surface area (Å²) in [6, 6.07) is 5.55. The smallest absolute Gasteiger partial charge is 0.315 e. The fraction of sp³-hybridized carbons (Fsp3) is 0.533. The van der Waals surface area contributed by atoms with E-state index in [2.05, 4.69) is 10.6 Å². The van der Waals surface area contributed by atoms with Crippen LogP contribution in [0.5, 0.6) is 11.5 Å². The zero-order chi connectivity index (χ0) is 14.5. The SMILES string of the molecule is O=C(NCc1ccc2c(c1)OCCO2)NC[C@@H]1CCOC1. The third-order valence-corrected chi connectivity index (χ3v) is 3.63. The minimum atomic E-state index is -0.156. The van der Waals surface area contributed by atoms with Crippen LogP contribution in [0.3, 0.4) is 0 Å². The molecule has 0 spiro atoms. The second-order valence-electron chi connectivity index (χ2n) is 5.27. The summed E-state index contributed by atoms with van der Waals surface area (Å²) in [6.45, 7) is 3.80. The summed E-state index contributed by atoms with van der Waals surface area (Å²) in [4.78, 5) is 11.7. The maximum atomic E-state index is 11.7. The Hall–Kier alpha value is -1.95. The van der Waals surface area contributed by atoms with Crippen molar-refractivity contribution in [2.45, 2.75) is 13.0 Å². The molecule has 0 aliphatic carbocycles. The lowest BCUT2D eigenvalue weighted by Crippen LogP contribution is -2.38. The lowest BCUT2D eigenvalue weighted by atomic mass is 10.1. The third kappa shape index (κ3) is 3.78. The van der Waals surface area contributed by atoms with Gasteiger partial charge in [-0.05, 0) is 24.1 Å². The van der Waals surface area contributed by atoms with E-state index in [1.165, 1.54) is 0 Å². The van der Waals surface area contributed by atoms with Gasteiger partial charge in [-0.25, -0.2) is 4.79 Å². The molecule has 1 aromatic carbocycles. The van der Waals surface area contributed by atoms with Crippen molar-refractivity contribution in [2.75, 3.05) is 33.0 Å². The highest BCUT2D eigenvalue weighted by Gasteiger charge is 2.16. The summed E-state index contributed by atoms with van der Waals surface area (Å²) in [5.41, 5.74) is 0.985. The maximum Gasteiger partial charge on any atom is 0.315 e. The summed E-state index contributed by atoms with van der Waals surface area (Å²) in [7, 11) is 0. The van der Waals surface area contributed by atoms with Crippen LogP contribution in [0.2, 0.25) is 0 Å². The minimum Gasteiger partial charge on any atom is -0.486 e. The molecule has 1 fully saturated rings. The predicted octanol–water partition coefficient (Wildman–Crippen LogP) is 1.29. The second kappa shape index (κ2) is 6.67. The molecular formula is C15H20N2O4. The van der Waals surface area contributed by atoms with Gasteiger partial charge < -0.3 is 24.8 Å². The van der Waals surface area contributed by atoms with Gasteiger partial charge in [0.15, 0.2) is 11.5 Å². The number of urea groups is 1. The number of benzene rings is 1. The van der Waals surface area contributed by atoms with Gasteiger partial charge in [-0.3, -0.25) is 0 Å². The van der Waals surface area contributed by atoms with Crippen LogP contribution >= 0.6 is 0 Å². The standard InChI is InChI=1S/C15H20N2O4/c18-15(17-9-12-3-4-19-10-12)16-8-11-1-2-13-14(7-11)21-6-5-20-13/h1-2,7,12H,3-6,8-10H2,(H2,16,17,18)/t12-/m0/s1. The Morgan fingerprint density at radius 2 is 2.00 bits per heavy atom. The van der Waals surface area contributed by atoms with Crippen molar-refractivity contribution in [2.24, 2.45) is 5.92 Å². The van der Waals surface area contributed by atoms with Crippen molar-refractivity contribution in [1.29, 1.82) is 0 Å². The highest BCUT2D eigenvalue weighted by molar-refractivity contribution is 5.73. The van der Waals surface area contributed by atoms with Crippen molar-refractivity contribution in [3.8, 4) is 11.5 Å². The fourth-order valence-corrected chi connectivity index (χ4v) is 2.42. The number of amides is 2. The van der Waals surface area contributed by atoms with Gasteiger partial charge in [0, 0.05) is 25.6 Å². The number of nitrogens with one attached hydrogen (secondary N) is 2. The van der Waals surface area contributed by atoms with E-state index >= 15 is 0 Å². The molecular weight excluding hydrogens is 272 g/mol. The van der Waals surface area contributed by atoms with E-state index in [1.807, 2.05) is 18.2 Å². The Bertz CT molecular complexity index is 500. The summed E-state index contributed by atoms with van der Waals surface area (Å²) in [5.74, 6) is 1.93. The first-order chi connectivity index (χ1) is 10.3. The number of hydrogen-bond donors (Lipinski definition) is 2. The van der Waals surface area contributed by atoms with E-state index in [-0.39, 0.29) is 6.03 Å². The van der Waals surface area contributed by atoms with Crippen LogP contribution in [-0.4, -0.2) is 39.0 Å². The lowest BCUT2D eigenvalue weighted by molar-refractivity contribution is 0.171. The van der Waals surface area contributed by atoms with Gasteiger partial charge in [-0.2, -0.15) is 0 Å². The number of ether oxygens (including phenoxy) is 3. The Kier molecular flexibility index (Phi) is 4.45. The minimum absolute atomic E-state index is 0.156. The molecule has 114 valence electrons. The van der Waals surface area contributed by atoms with Crippen molar-refractivity contribution >= 4 is 6.03 Å². The van der Waals surface area contributed by atoms with E-state index in [9.17, 15) is 4.79 Å². The van der Waals surface area contributed by atoms with Crippen molar-refractivity contribution in [3.05, 3.63) is 23.8 Å². The molecule has 2 aliphatic heterocycles. The lowest BCUT2D eigenvalue weighted by Gasteiger charge is -2.19. The maximum absolute atomic E-state index is 11.7. The number of carbonyl (C=O) groups is 1. The summed E-state index contributed by atoms with van der Waals surface area (Å²) in [6.07, 6.45) is 1.02. The van der Waals surface area contributed by atoms with Crippen LogP contribution in [0.15, 0.2) is 18.2 Å². The number of fused-ring (bicyclic) bond motifs is 1. The van der Waals surface area contributed by atoms with E-state index in [4.69, 9.17) is 14.2 Å². The molecule has 21 heavy (non-hydrogen) atoms. The molecule has 6 heteroatoms. The monoisotopic (exact) mass is 292 g/mol. The zero-order valence-corrected chi connectivity index (χ0v) is 11.9. The zero-order valence-electron chi connectivity index (χ0n) is 11.9. The first kappa shape index (κ1) is 14.0. The molecule has 1 saturated heterocycles. The Morgan fingerprint density at radius 1 is 1.14 bits per heavy atom. The first-order valence-electron chi connectivity index (χ1n) is 7.29. The van der Waals surface area contributed by atoms with E-state index in [0.29, 0.717) is 32.2 Å². The Labute approximate surface area is 123 Å². The van der Waals surface area contributed by atoms with Gasteiger partial charge in [0.25, 0.3) is 0 Å². The number of carbonyl (C=O) groups excluding carboxylic acids is 1. The molecule has 0 saturated carbocycles. The molecule has 3 rings (SSSR count). The molecule has 6 nitrogen and oxygen atoms in total. The van der Waals surface area contributed by atoms with Crippen LogP contribution in [0, 0.1) is 5.92 Å². The molecule has 2 heterocycles. The molecule has 0 radical (unpaired) electrons. The van der Waals surface area contributed by atoms with Gasteiger partial charge in [0.05, 0.1) is 6.61 Å². The summed E-state index contributed by atoms with van der Waals surface area (Å²) < 4.78 is 16.3. The summed E-state index contributed by atoms with van der Waals surface area (Å²) in [5, 5.41) is 5.71. The summed E-state index contributed by atoms with van der Waals surface area (Å²) >= 11 is 0. The van der Waals surface area contributed by atoms with Gasteiger partial charge in [-0.15, -0.1) is 0 Å². The van der Waals surface area contributed by atoms with E-state index in [0.717, 1.165) is 36.7 Å². The average Bonchev–Trinajstić information content (AvgIpc) is 3.04. The van der Waals surface area contributed by atoms with E-state index < -0.39 is 0 Å². The van der Waals surface area contributed by atoms with Gasteiger partial charge in [-0.1, -0.05) is 6.07 Å². The number of hydrogen-bond acceptors (Lipinski definition) is 4. The normalized spacial score (nSPS) is 20.1. The Balaban J connectivity index is 1.44. The highest BCUT2D eigenvalue weighted by atomic mass is 16.6. The second-order valence-corrected chi connectivity index (χ2v) is 5.27. The molecule has 0 aromatic heterocycles. The molecule has 1 atom stereocenters. The van der Waals surface area contributed by atoms with Crippen LogP contribution in [0.1, 0.15) is 12.0 Å². The van der Waals surface area contributed by atoms with Crippen LogP contribution in [0.25, 0.3) is 0 Å². The first-order valence-corrected chi connectivity index (χ1v) is 7.29. The quantitative estimate of drug-likeness (QED) is 0.877. The van der Waals surface area contributed by atoms with Crippen molar-refractivity contribution in [1.82, 2.24) is 10.6 Å². The average molecular weight is 292 g/mol. The molecule has 1 aromatic rings. The molecule has 2 N–H and O–H groups in total. The number of rotatable bonds is 4. The largest absolute Gasteiger partial charge is 0.486 e. The molecule has 0 unspecified atom stereocenters. The topological polar surface area (TPSA) is 68.8 Å². The van der Waals surface area contributed by atoms with Gasteiger partial charge in [0.1, 0.15) is 13.2 Å². The van der Waals surface area contributed by atoms with Crippen LogP contribution < -0.4 is 20.1 Å². The van der Waals surface area contributed by atoms with Gasteiger partial charge in [0.2, 0.25) is 0 Å². The Morgan fingerprint density at radius 3 is 2.81 bits per heavy atom. The molecule has 2 amide bonds. The van der Waals surface area contributed by atoms with Crippen molar-refractivity contribution in [3.63, 3.8) is 0 Å². The van der Waals surface area contributed by atoms with Crippen LogP contribution in [-0.2, 0) is 11.3 Å². The molecule has 2 aliphatic rings. The highest BCUT2D eigenvalue weighted by Crippen LogP contribution is 2.30. The molecule has 0 bridgehead atoms. The van der Waals surface area contributed by atoms with E-state index in [1.54, 1.807) is 0 Å². The predicted molar refractivity (Wildman–Crippen MR) is 76.6 cm³/mol. The van der Waals surface area contributed by atoms with Crippen molar-refractivity contribution < 1.29 is 19.0 Å².